The number of hydrogen-bond donors (Lipinski definition) is 0. The quantitative estimate of drug-likeness (QED) is 0.694. The van der Waals surface area contributed by atoms with Crippen molar-refractivity contribution in [1.82, 2.24) is 0 Å². The molecule has 0 unspecified atom stereocenters. The fourth-order valence-electron chi connectivity index (χ4n) is 0.376. The van der Waals surface area contributed by atoms with Gasteiger partial charge in [0.05, 0.1) is 0 Å². The number of ether oxygens (including phenoxy) is 1. The summed E-state index contributed by atoms with van der Waals surface area (Å²) in [7, 11) is 0. The molecule has 0 amide bonds. The van der Waals surface area contributed by atoms with Crippen LogP contribution in [0.2, 0.25) is 0 Å². The van der Waals surface area contributed by atoms with Crippen LogP contribution in [0.3, 0.4) is 0 Å². The van der Waals surface area contributed by atoms with E-state index in [1.807, 2.05) is 0 Å². The molecule has 2 heteroatoms. The molecule has 0 aliphatic heterocycles. The molecule has 52 valence electrons. The average Bonchev–Trinajstić information content (AvgIpc) is 1.89. The van der Waals surface area contributed by atoms with E-state index in [9.17, 15) is 0 Å². The molecule has 0 radical (unpaired) electrons. The Morgan fingerprint density at radius 3 is 2.89 bits per heavy atom. The Balaban J connectivity index is 3.07. The van der Waals surface area contributed by atoms with Crippen molar-refractivity contribution >= 4 is 27.9 Å². The monoisotopic (exact) mass is 321 g/mol. The zero-order valence-electron chi connectivity index (χ0n) is 5.72. The van der Waals surface area contributed by atoms with E-state index in [1.54, 1.807) is 6.08 Å². The van der Waals surface area contributed by atoms with Crippen LogP contribution in [0.5, 0.6) is 0 Å². The van der Waals surface area contributed by atoms with Crippen molar-refractivity contribution in [1.29, 1.82) is 0 Å². The number of unbranched alkanes of at least 4 members (excludes halogenated alkanes) is 1. The Morgan fingerprint density at radius 2 is 2.44 bits per heavy atom. The number of rotatable bonds is 5. The second-order valence-corrected chi connectivity index (χ2v) is 3.29. The summed E-state index contributed by atoms with van der Waals surface area (Å²) >= 11 is 1.36. The van der Waals surface area contributed by atoms with Crippen LogP contribution in [-0.4, -0.2) is 34.5 Å². The molecule has 0 spiro atoms. The van der Waals surface area contributed by atoms with Crippen LogP contribution in [0.25, 0.3) is 0 Å². The molecule has 0 N–H and O–H groups in total. The summed E-state index contributed by atoms with van der Waals surface area (Å²) in [4.78, 5) is 0. The summed E-state index contributed by atoms with van der Waals surface area (Å²) in [5.74, 6) is 0. The van der Waals surface area contributed by atoms with Gasteiger partial charge in [-0.3, -0.25) is 0 Å². The summed E-state index contributed by atoms with van der Waals surface area (Å²) in [5, 5.41) is 0. The van der Waals surface area contributed by atoms with Gasteiger partial charge in [-0.25, -0.2) is 0 Å². The normalized spacial score (nSPS) is 8.56. The maximum atomic E-state index is 5.27. The Morgan fingerprint density at radius 1 is 1.78 bits per heavy atom. The van der Waals surface area contributed by atoms with Gasteiger partial charge in [-0.2, -0.15) is 0 Å². The third kappa shape index (κ3) is 6.19. The van der Waals surface area contributed by atoms with Crippen LogP contribution in [0.4, 0.5) is 0 Å². The fourth-order valence-corrected chi connectivity index (χ4v) is 0.700. The molecule has 0 saturated heterocycles. The fraction of sp³-hybridized carbons (Fsp3) is 0.571. The molecule has 0 aliphatic carbocycles. The van der Waals surface area contributed by atoms with Gasteiger partial charge in [0, 0.05) is 0 Å². The van der Waals surface area contributed by atoms with E-state index in [4.69, 9.17) is 4.74 Å². The molecule has 0 aliphatic rings. The summed E-state index contributed by atoms with van der Waals surface area (Å²) in [6.45, 7) is 6.60. The van der Waals surface area contributed by atoms with E-state index in [2.05, 4.69) is 13.5 Å². The van der Waals surface area contributed by atoms with Crippen molar-refractivity contribution in [2.24, 2.45) is 0 Å². The van der Waals surface area contributed by atoms with Gasteiger partial charge >= 0.3 is 71.7 Å². The predicted octanol–water partition coefficient (Wildman–Crippen LogP) is 1.29. The van der Waals surface area contributed by atoms with Gasteiger partial charge in [0.1, 0.15) is 0 Å². The van der Waals surface area contributed by atoms with Crippen LogP contribution >= 0.6 is 0 Å². The minimum atomic E-state index is 0.849. The van der Waals surface area contributed by atoms with E-state index in [-0.39, 0.29) is 0 Å². The molecule has 0 rings (SSSR count). The molecule has 0 aromatic carbocycles. The molecule has 0 atom stereocenters. The van der Waals surface area contributed by atoms with E-state index in [1.165, 1.54) is 31.0 Å². The van der Waals surface area contributed by atoms with Gasteiger partial charge in [0.15, 0.2) is 0 Å². The zero-order chi connectivity index (χ0) is 7.11. The van der Waals surface area contributed by atoms with Crippen LogP contribution in [-0.2, 0) is 4.74 Å². The Hall–Kier alpha value is 0.306. The first-order valence-corrected chi connectivity index (χ1v) is 4.69. The van der Waals surface area contributed by atoms with Crippen molar-refractivity contribution in [3.8, 4) is 0 Å². The molecular weight excluding hydrogens is 309 g/mol. The second-order valence-electron chi connectivity index (χ2n) is 1.73. The molecule has 0 fully saturated rings. The topological polar surface area (TPSA) is 9.23 Å². The molecule has 9 heavy (non-hydrogen) atoms. The predicted molar refractivity (Wildman–Crippen MR) is 41.8 cm³/mol. The Kier molecular flexibility index (Phi) is 6.65. The summed E-state index contributed by atoms with van der Waals surface area (Å²) in [6.07, 6.45) is 4.11. The molecule has 0 aromatic rings. The first-order chi connectivity index (χ1) is 4.31. The molecule has 1 nitrogen and oxygen atoms in total. The van der Waals surface area contributed by atoms with Crippen molar-refractivity contribution in [3.63, 3.8) is 0 Å². The van der Waals surface area contributed by atoms with E-state index < -0.39 is 0 Å². The van der Waals surface area contributed by atoms with Gasteiger partial charge < -0.3 is 0 Å². The zero-order valence-corrected chi connectivity index (χ0v) is 8.90. The van der Waals surface area contributed by atoms with Crippen LogP contribution in [0.15, 0.2) is 12.7 Å². The summed E-state index contributed by atoms with van der Waals surface area (Å²) in [5.41, 5.74) is 0. The molecule has 0 aromatic heterocycles. The van der Waals surface area contributed by atoms with Crippen LogP contribution in [0.1, 0.15) is 19.8 Å². The molecular formula is C7H12OPo. The van der Waals surface area contributed by atoms with E-state index in [0.29, 0.717) is 0 Å². The van der Waals surface area contributed by atoms with Crippen molar-refractivity contribution in [3.05, 3.63) is 12.7 Å². The van der Waals surface area contributed by atoms with E-state index >= 15 is 0 Å². The molecule has 0 saturated carbocycles. The Labute approximate surface area is 71.7 Å². The second kappa shape index (κ2) is 6.43. The minimum absolute atomic E-state index is 0.849. The summed E-state index contributed by atoms with van der Waals surface area (Å²) in [6, 6.07) is 0. The van der Waals surface area contributed by atoms with Gasteiger partial charge in [0.25, 0.3) is 0 Å². The molecule has 0 heterocycles. The van der Waals surface area contributed by atoms with Crippen molar-refractivity contribution in [2.75, 3.05) is 6.61 Å². The van der Waals surface area contributed by atoms with Gasteiger partial charge in [-0.05, 0) is 0 Å². The SMILES string of the molecule is C=C[C](=[Po])OCCCC. The van der Waals surface area contributed by atoms with E-state index in [0.717, 1.165) is 16.4 Å². The third-order valence-electron chi connectivity index (χ3n) is 0.909. The third-order valence-corrected chi connectivity index (χ3v) is 2.01. The number of hydrogen-bond acceptors (Lipinski definition) is 1. The summed E-state index contributed by atoms with van der Waals surface area (Å²) < 4.78 is 6.27. The maximum absolute atomic E-state index is 5.27. The van der Waals surface area contributed by atoms with Gasteiger partial charge in [-0.1, -0.05) is 0 Å². The van der Waals surface area contributed by atoms with Gasteiger partial charge in [0.2, 0.25) is 0 Å². The first kappa shape index (κ1) is 9.31. The molecule has 0 bridgehead atoms. The van der Waals surface area contributed by atoms with Crippen LogP contribution < -0.4 is 0 Å². The van der Waals surface area contributed by atoms with Crippen molar-refractivity contribution in [2.45, 2.75) is 19.8 Å². The average molecular weight is 321 g/mol. The van der Waals surface area contributed by atoms with Crippen molar-refractivity contribution < 1.29 is 4.74 Å². The first-order valence-electron chi connectivity index (χ1n) is 3.10. The Bertz CT molecular complexity index is 99.1. The standard InChI is InChI=1S/C7H12O.Po/c1-3-5-7-8-6-4-2;/h4H,2-3,5,7H2,1H3;. The van der Waals surface area contributed by atoms with Gasteiger partial charge in [-0.15, -0.1) is 0 Å². The van der Waals surface area contributed by atoms with Crippen LogP contribution in [0, 0.1) is 0 Å².